The molecule has 2 atom stereocenters. The smallest absolute Gasteiger partial charge is 0.329 e. The average molecular weight is 521 g/mol. The molecular formula is C24H29FN4O6S. The van der Waals surface area contributed by atoms with Crippen molar-refractivity contribution >= 4 is 40.6 Å². The van der Waals surface area contributed by atoms with Gasteiger partial charge in [0.2, 0.25) is 5.91 Å². The Bertz CT molecular complexity index is 1070. The number of esters is 1. The molecule has 0 aliphatic carbocycles. The number of cyclic esters (lactones) is 1. The lowest BCUT2D eigenvalue weighted by atomic mass is 10.1. The average Bonchev–Trinajstić information content (AvgIpc) is 2.82. The van der Waals surface area contributed by atoms with Gasteiger partial charge in [-0.15, -0.1) is 0 Å². The SMILES string of the molecule is C/C=C1\NC(=O)c2cc(F)cc(n2)CNC(=O)C[C@@H](/C=C/CCSC(C)=O)OC(=O)C(CC)NC1=O. The summed E-state index contributed by atoms with van der Waals surface area (Å²) < 4.78 is 19.6. The highest BCUT2D eigenvalue weighted by molar-refractivity contribution is 8.13. The number of rotatable bonds is 5. The molecule has 1 aliphatic rings. The van der Waals surface area contributed by atoms with E-state index >= 15 is 0 Å². The molecule has 2 bridgehead atoms. The number of thioether (sulfide) groups is 1. The lowest BCUT2D eigenvalue weighted by Gasteiger charge is -2.21. The fourth-order valence-corrected chi connectivity index (χ4v) is 3.65. The number of amides is 3. The Morgan fingerprint density at radius 1 is 1.25 bits per heavy atom. The minimum atomic E-state index is -1.05. The summed E-state index contributed by atoms with van der Waals surface area (Å²) in [6.45, 7) is 4.46. The van der Waals surface area contributed by atoms with Crippen LogP contribution in [0.2, 0.25) is 0 Å². The van der Waals surface area contributed by atoms with Crippen LogP contribution in [0.5, 0.6) is 0 Å². The van der Waals surface area contributed by atoms with Gasteiger partial charge in [-0.25, -0.2) is 14.2 Å². The summed E-state index contributed by atoms with van der Waals surface area (Å²) >= 11 is 1.15. The molecule has 194 valence electrons. The molecule has 0 radical (unpaired) electrons. The summed E-state index contributed by atoms with van der Waals surface area (Å²) in [5.41, 5.74) is -0.351. The number of pyridine rings is 1. The second-order valence-corrected chi connectivity index (χ2v) is 9.04. The number of carbonyl (C=O) groups is 5. The zero-order valence-corrected chi connectivity index (χ0v) is 21.1. The highest BCUT2D eigenvalue weighted by Gasteiger charge is 2.26. The number of ether oxygens (including phenoxy) is 1. The molecule has 1 aromatic rings. The molecular weight excluding hydrogens is 491 g/mol. The highest BCUT2D eigenvalue weighted by atomic mass is 32.2. The summed E-state index contributed by atoms with van der Waals surface area (Å²) in [7, 11) is 0. The van der Waals surface area contributed by atoms with Crippen LogP contribution in [0.3, 0.4) is 0 Å². The van der Waals surface area contributed by atoms with E-state index in [1.165, 1.54) is 19.9 Å². The molecule has 0 spiro atoms. The number of halogens is 1. The van der Waals surface area contributed by atoms with E-state index in [-0.39, 0.29) is 41.6 Å². The lowest BCUT2D eigenvalue weighted by Crippen LogP contribution is -2.46. The van der Waals surface area contributed by atoms with Crippen LogP contribution in [-0.2, 0) is 30.5 Å². The third kappa shape index (κ3) is 9.25. The van der Waals surface area contributed by atoms with Crippen molar-refractivity contribution in [3.05, 3.63) is 53.3 Å². The molecule has 3 N–H and O–H groups in total. The molecule has 0 fully saturated rings. The quantitative estimate of drug-likeness (QED) is 0.231. The van der Waals surface area contributed by atoms with Gasteiger partial charge in [-0.05, 0) is 31.9 Å². The Labute approximate surface area is 212 Å². The topological polar surface area (TPSA) is 144 Å². The maximum atomic E-state index is 14.1. The first kappa shape index (κ1) is 28.7. The molecule has 12 heteroatoms. The predicted octanol–water partition coefficient (Wildman–Crippen LogP) is 1.91. The van der Waals surface area contributed by atoms with Crippen LogP contribution in [0, 0.1) is 5.82 Å². The van der Waals surface area contributed by atoms with Gasteiger partial charge < -0.3 is 20.7 Å². The number of hydrogen-bond acceptors (Lipinski definition) is 8. The largest absolute Gasteiger partial charge is 0.456 e. The van der Waals surface area contributed by atoms with Crippen molar-refractivity contribution in [2.24, 2.45) is 0 Å². The van der Waals surface area contributed by atoms with Crippen molar-refractivity contribution in [2.45, 2.75) is 58.7 Å². The van der Waals surface area contributed by atoms with E-state index in [0.29, 0.717) is 12.2 Å². The van der Waals surface area contributed by atoms with E-state index < -0.39 is 41.7 Å². The second kappa shape index (κ2) is 14.1. The van der Waals surface area contributed by atoms with Crippen LogP contribution in [-0.4, -0.2) is 51.7 Å². The fourth-order valence-electron chi connectivity index (χ4n) is 3.11. The number of nitrogens with zero attached hydrogens (tertiary/aromatic N) is 1. The Morgan fingerprint density at radius 3 is 2.67 bits per heavy atom. The summed E-state index contributed by atoms with van der Waals surface area (Å²) in [5, 5.41) is 7.42. The van der Waals surface area contributed by atoms with Crippen molar-refractivity contribution in [1.82, 2.24) is 20.9 Å². The van der Waals surface area contributed by atoms with Crippen molar-refractivity contribution < 1.29 is 33.1 Å². The van der Waals surface area contributed by atoms with Crippen molar-refractivity contribution in [1.29, 1.82) is 0 Å². The maximum absolute atomic E-state index is 14.1. The van der Waals surface area contributed by atoms with E-state index in [9.17, 15) is 28.4 Å². The maximum Gasteiger partial charge on any atom is 0.329 e. The molecule has 0 aromatic carbocycles. The van der Waals surface area contributed by atoms with Gasteiger partial charge in [0.25, 0.3) is 11.8 Å². The predicted molar refractivity (Wildman–Crippen MR) is 131 cm³/mol. The molecule has 1 aromatic heterocycles. The summed E-state index contributed by atoms with van der Waals surface area (Å²) in [5.74, 6) is -3.05. The third-order valence-corrected chi connectivity index (χ3v) is 5.76. The van der Waals surface area contributed by atoms with Gasteiger partial charge in [-0.1, -0.05) is 30.8 Å². The monoisotopic (exact) mass is 520 g/mol. The van der Waals surface area contributed by atoms with Gasteiger partial charge in [-0.2, -0.15) is 0 Å². The standard InChI is InChI=1S/C24H29FN4O6S/c1-4-18-22(32)29-19(5-2)24(34)35-17(8-6-7-9-36-14(3)30)12-21(31)26-13-16-10-15(25)11-20(27-16)23(33)28-18/h4,6,8,10-11,17,19H,5,7,9,12-13H2,1-3H3,(H,26,31)(H,28,33)(H,29,32)/b8-6+,18-4-/t17-,19?/m1/s1. The van der Waals surface area contributed by atoms with Crippen LogP contribution < -0.4 is 16.0 Å². The van der Waals surface area contributed by atoms with E-state index in [1.807, 2.05) is 0 Å². The molecule has 36 heavy (non-hydrogen) atoms. The number of aromatic nitrogens is 1. The number of fused-ring (bicyclic) bond motifs is 2. The van der Waals surface area contributed by atoms with E-state index in [0.717, 1.165) is 23.9 Å². The first-order chi connectivity index (χ1) is 17.1. The Balaban J connectivity index is 2.33. The Hall–Kier alpha value is -3.54. The first-order valence-electron chi connectivity index (χ1n) is 11.3. The molecule has 10 nitrogen and oxygen atoms in total. The van der Waals surface area contributed by atoms with Gasteiger partial charge >= 0.3 is 5.97 Å². The van der Waals surface area contributed by atoms with Crippen molar-refractivity contribution in [3.8, 4) is 0 Å². The highest BCUT2D eigenvalue weighted by Crippen LogP contribution is 2.11. The normalized spacial score (nSPS) is 21.1. The van der Waals surface area contributed by atoms with Crippen LogP contribution in [0.4, 0.5) is 4.39 Å². The minimum Gasteiger partial charge on any atom is -0.456 e. The van der Waals surface area contributed by atoms with Gasteiger partial charge in [0.15, 0.2) is 5.12 Å². The van der Waals surface area contributed by atoms with Crippen LogP contribution in [0.25, 0.3) is 0 Å². The van der Waals surface area contributed by atoms with E-state index in [4.69, 9.17) is 4.74 Å². The Morgan fingerprint density at radius 2 is 2.00 bits per heavy atom. The second-order valence-electron chi connectivity index (χ2n) is 7.77. The number of allylic oxidation sites excluding steroid dienone is 2. The summed E-state index contributed by atoms with van der Waals surface area (Å²) in [6, 6.07) is 0.926. The zero-order chi connectivity index (χ0) is 26.7. The molecule has 1 unspecified atom stereocenters. The van der Waals surface area contributed by atoms with Crippen molar-refractivity contribution in [2.75, 3.05) is 5.75 Å². The summed E-state index contributed by atoms with van der Waals surface area (Å²) in [6.07, 6.45) is 4.08. The number of nitrogens with one attached hydrogen (secondary N) is 3. The Kier molecular flexibility index (Phi) is 11.3. The lowest BCUT2D eigenvalue weighted by molar-refractivity contribution is -0.151. The molecule has 2 heterocycles. The van der Waals surface area contributed by atoms with Gasteiger partial charge in [0.05, 0.1) is 18.7 Å². The number of carbonyl (C=O) groups excluding carboxylic acids is 5. The molecule has 2 rings (SSSR count). The van der Waals surface area contributed by atoms with Gasteiger partial charge in [0, 0.05) is 18.7 Å². The minimum absolute atomic E-state index is 0.0220. The molecule has 3 amide bonds. The van der Waals surface area contributed by atoms with Crippen molar-refractivity contribution in [3.63, 3.8) is 0 Å². The van der Waals surface area contributed by atoms with Gasteiger partial charge in [-0.3, -0.25) is 19.2 Å². The van der Waals surface area contributed by atoms with Crippen LogP contribution in [0.1, 0.15) is 56.2 Å². The zero-order valence-electron chi connectivity index (χ0n) is 20.3. The van der Waals surface area contributed by atoms with E-state index in [2.05, 4.69) is 20.9 Å². The molecule has 0 saturated carbocycles. The molecule has 0 saturated heterocycles. The fraction of sp³-hybridized carbons (Fsp3) is 0.417. The van der Waals surface area contributed by atoms with Crippen LogP contribution >= 0.6 is 11.8 Å². The van der Waals surface area contributed by atoms with E-state index in [1.54, 1.807) is 19.1 Å². The molecule has 1 aliphatic heterocycles. The third-order valence-electron chi connectivity index (χ3n) is 4.92. The van der Waals surface area contributed by atoms with Gasteiger partial charge in [0.1, 0.15) is 29.4 Å². The first-order valence-corrected chi connectivity index (χ1v) is 12.3. The number of hydrogen-bond donors (Lipinski definition) is 3. The van der Waals surface area contributed by atoms with Crippen LogP contribution in [0.15, 0.2) is 36.1 Å². The summed E-state index contributed by atoms with van der Waals surface area (Å²) in [4.78, 5) is 65.8.